The zero-order chi connectivity index (χ0) is 42.5. The highest BCUT2D eigenvalue weighted by molar-refractivity contribution is 7.89. The van der Waals surface area contributed by atoms with Crippen LogP contribution in [-0.4, -0.2) is 108 Å². The number of hydrogen-bond donors (Lipinski definition) is 3. The van der Waals surface area contributed by atoms with E-state index in [9.17, 15) is 22.8 Å². The first-order valence-electron chi connectivity index (χ1n) is 19.9. The summed E-state index contributed by atoms with van der Waals surface area (Å²) in [4.78, 5) is 48.7. The van der Waals surface area contributed by atoms with Crippen molar-refractivity contribution in [2.45, 2.75) is 75.8 Å². The van der Waals surface area contributed by atoms with Crippen LogP contribution in [-0.2, 0) is 26.7 Å². The van der Waals surface area contributed by atoms with Gasteiger partial charge in [0.15, 0.2) is 11.6 Å². The first kappa shape index (κ1) is 40.8. The number of aromatic amines is 1. The first-order chi connectivity index (χ1) is 28.7. The van der Waals surface area contributed by atoms with Crippen LogP contribution < -0.4 is 21.1 Å². The van der Waals surface area contributed by atoms with Crippen molar-refractivity contribution in [1.82, 2.24) is 53.4 Å². The van der Waals surface area contributed by atoms with E-state index in [0.717, 1.165) is 37.0 Å². The van der Waals surface area contributed by atoms with E-state index in [1.807, 2.05) is 32.0 Å². The van der Waals surface area contributed by atoms with Crippen molar-refractivity contribution in [1.29, 1.82) is 0 Å². The van der Waals surface area contributed by atoms with Gasteiger partial charge in [-0.1, -0.05) is 6.07 Å². The van der Waals surface area contributed by atoms with E-state index in [4.69, 9.17) is 4.74 Å². The SMILES string of the molecule is Cc1c(S(=O)(=O)N(C)CCCN2CCC(c3ccc4c(c3)n(C)c(=O)n4[C@H]3CCC(=O)NC3=O)CC2)ccc(Nc2nc3c(OC(C)C)c(-c4cn[nH]c4)ncn3n2)c1F. The lowest BCUT2D eigenvalue weighted by molar-refractivity contribution is -0.135. The molecule has 4 aromatic heterocycles. The molecule has 316 valence electrons. The summed E-state index contributed by atoms with van der Waals surface area (Å²) in [6.07, 6.45) is 7.40. The highest BCUT2D eigenvalue weighted by atomic mass is 32.2. The third kappa shape index (κ3) is 7.65. The summed E-state index contributed by atoms with van der Waals surface area (Å²) in [5.74, 6) is -0.807. The van der Waals surface area contributed by atoms with Crippen LogP contribution in [0.1, 0.15) is 69.0 Å². The van der Waals surface area contributed by atoms with Crippen LogP contribution in [0.3, 0.4) is 0 Å². The molecular weight excluding hydrogens is 796 g/mol. The second-order valence-electron chi connectivity index (χ2n) is 15.7. The van der Waals surface area contributed by atoms with E-state index in [2.05, 4.69) is 40.8 Å². The summed E-state index contributed by atoms with van der Waals surface area (Å²) < 4.78 is 55.1. The molecule has 0 bridgehead atoms. The number of aromatic nitrogens is 8. The number of ether oxygens (including phenoxy) is 1. The van der Waals surface area contributed by atoms with Crippen LogP contribution in [0, 0.1) is 12.7 Å². The van der Waals surface area contributed by atoms with E-state index in [1.54, 1.807) is 24.0 Å². The van der Waals surface area contributed by atoms with Crippen LogP contribution in [0.2, 0.25) is 0 Å². The zero-order valence-corrected chi connectivity index (χ0v) is 34.8. The molecule has 3 N–H and O–H groups in total. The average molecular weight is 843 g/mol. The Morgan fingerprint density at radius 3 is 2.58 bits per heavy atom. The van der Waals surface area contributed by atoms with Gasteiger partial charge in [0, 0.05) is 44.4 Å². The molecule has 8 rings (SSSR count). The molecule has 6 aromatic rings. The number of hydrogen-bond acceptors (Lipinski definition) is 12. The van der Waals surface area contributed by atoms with Gasteiger partial charge in [0.2, 0.25) is 33.4 Å². The smallest absolute Gasteiger partial charge is 0.329 e. The predicted octanol–water partition coefficient (Wildman–Crippen LogP) is 4.01. The van der Waals surface area contributed by atoms with E-state index >= 15 is 4.39 Å². The minimum atomic E-state index is -4.01. The summed E-state index contributed by atoms with van der Waals surface area (Å²) in [6, 6.07) is 7.96. The topological polar surface area (TPSA) is 207 Å². The highest BCUT2D eigenvalue weighted by Gasteiger charge is 2.32. The Bertz CT molecular complexity index is 2770. The number of aryl methyl sites for hydroxylation is 1. The second-order valence-corrected chi connectivity index (χ2v) is 17.7. The molecule has 2 aliphatic heterocycles. The average Bonchev–Trinajstić information content (AvgIpc) is 3.96. The summed E-state index contributed by atoms with van der Waals surface area (Å²) in [6.45, 7) is 7.77. The number of imidazole rings is 1. The molecule has 60 heavy (non-hydrogen) atoms. The number of benzene rings is 2. The van der Waals surface area contributed by atoms with Crippen LogP contribution in [0.5, 0.6) is 5.75 Å². The molecule has 2 amide bonds. The maximum absolute atomic E-state index is 15.9. The van der Waals surface area contributed by atoms with Gasteiger partial charge in [-0.05, 0) is 102 Å². The third-order valence-electron chi connectivity index (χ3n) is 11.4. The van der Waals surface area contributed by atoms with Crippen molar-refractivity contribution >= 4 is 50.2 Å². The van der Waals surface area contributed by atoms with E-state index in [0.29, 0.717) is 41.1 Å². The van der Waals surface area contributed by atoms with Crippen molar-refractivity contribution in [3.63, 3.8) is 0 Å². The Morgan fingerprint density at radius 1 is 1.08 bits per heavy atom. The number of likely N-dealkylation sites (tertiary alicyclic amines) is 1. The predicted molar refractivity (Wildman–Crippen MR) is 220 cm³/mol. The summed E-state index contributed by atoms with van der Waals surface area (Å²) in [5.41, 5.74) is 3.76. The normalized spacial score (nSPS) is 17.0. The van der Waals surface area contributed by atoms with Gasteiger partial charge >= 0.3 is 5.69 Å². The number of rotatable bonds is 13. The van der Waals surface area contributed by atoms with Crippen LogP contribution in [0.25, 0.3) is 27.9 Å². The molecule has 0 unspecified atom stereocenters. The molecule has 0 aliphatic carbocycles. The van der Waals surface area contributed by atoms with E-state index in [-0.39, 0.29) is 65.1 Å². The fourth-order valence-corrected chi connectivity index (χ4v) is 9.56. The number of halogens is 1. The number of anilines is 2. The second kappa shape index (κ2) is 16.2. The molecule has 0 radical (unpaired) electrons. The summed E-state index contributed by atoms with van der Waals surface area (Å²) in [5, 5.41) is 16.4. The van der Waals surface area contributed by atoms with Crippen LogP contribution in [0.4, 0.5) is 16.0 Å². The quantitative estimate of drug-likeness (QED) is 0.141. The molecule has 20 heteroatoms. The number of nitrogens with zero attached hydrogens (tertiary/aromatic N) is 9. The number of sulfonamides is 1. The maximum atomic E-state index is 15.9. The number of imide groups is 1. The Balaban J connectivity index is 0.875. The lowest BCUT2D eigenvalue weighted by Crippen LogP contribution is -2.44. The monoisotopic (exact) mass is 842 g/mol. The van der Waals surface area contributed by atoms with Gasteiger partial charge in [0.05, 0.1) is 33.9 Å². The van der Waals surface area contributed by atoms with Crippen molar-refractivity contribution in [2.75, 3.05) is 38.5 Å². The molecular formula is C40H47FN12O6S. The first-order valence-corrected chi connectivity index (χ1v) is 21.4. The number of carbonyl (C=O) groups is 2. The molecule has 0 saturated carbocycles. The Hall–Kier alpha value is -5.99. The summed E-state index contributed by atoms with van der Waals surface area (Å²) >= 11 is 0. The fourth-order valence-electron chi connectivity index (χ4n) is 8.14. The van der Waals surface area contributed by atoms with Gasteiger partial charge in [0.1, 0.15) is 18.1 Å². The van der Waals surface area contributed by atoms with Crippen molar-refractivity contribution in [3.05, 3.63) is 76.5 Å². The Kier molecular flexibility index (Phi) is 11.0. The molecule has 2 aromatic carbocycles. The lowest BCUT2D eigenvalue weighted by Gasteiger charge is -2.32. The van der Waals surface area contributed by atoms with Crippen molar-refractivity contribution < 1.29 is 27.1 Å². The molecule has 2 saturated heterocycles. The molecule has 0 spiro atoms. The molecule has 6 heterocycles. The van der Waals surface area contributed by atoms with E-state index < -0.39 is 27.8 Å². The third-order valence-corrected chi connectivity index (χ3v) is 13.4. The van der Waals surface area contributed by atoms with Crippen LogP contribution in [0.15, 0.2) is 58.7 Å². The minimum absolute atomic E-state index is 0.0114. The molecule has 18 nitrogen and oxygen atoms in total. The van der Waals surface area contributed by atoms with Gasteiger partial charge in [-0.15, -0.1) is 5.10 Å². The van der Waals surface area contributed by atoms with Gasteiger partial charge in [-0.2, -0.15) is 14.6 Å². The Labute approximate surface area is 344 Å². The number of fused-ring (bicyclic) bond motifs is 2. The van der Waals surface area contributed by atoms with Gasteiger partial charge in [0.25, 0.3) is 0 Å². The largest absolute Gasteiger partial charge is 0.485 e. The molecule has 1 atom stereocenters. The fraction of sp³-hybridized carbons (Fsp3) is 0.425. The van der Waals surface area contributed by atoms with Crippen molar-refractivity contribution in [3.8, 4) is 17.0 Å². The van der Waals surface area contributed by atoms with Gasteiger partial charge < -0.3 is 15.0 Å². The standard InChI is InChI=1S/C40H47FN12O6S/c1-23(2)59-36-35(27-20-43-44-21-27)42-22-52-37(36)47-39(48-52)45-28-8-11-32(24(3)34(28)41)60(57,58)49(4)15-6-16-51-17-13-25(14-18-51)26-7-9-29-31(19-26)50(5)40(56)53(29)30-10-12-33(54)46-38(30)55/h7-9,11,19-23,25,30H,6,10,12-18H2,1-5H3,(H,43,44)(H,45,48)(H,46,54,55)/t30-/m0/s1. The maximum Gasteiger partial charge on any atom is 0.329 e. The van der Waals surface area contributed by atoms with Gasteiger partial charge in [-0.3, -0.25) is 29.1 Å². The van der Waals surface area contributed by atoms with Gasteiger partial charge in [-0.25, -0.2) is 26.9 Å². The number of amides is 2. The number of piperidine rings is 2. The number of nitrogens with one attached hydrogen (secondary N) is 3. The summed E-state index contributed by atoms with van der Waals surface area (Å²) in [7, 11) is -0.814. The van der Waals surface area contributed by atoms with E-state index in [1.165, 1.54) is 45.8 Å². The van der Waals surface area contributed by atoms with Crippen LogP contribution >= 0.6 is 0 Å². The zero-order valence-electron chi connectivity index (χ0n) is 34.0. The molecule has 2 aliphatic rings. The minimum Gasteiger partial charge on any atom is -0.485 e. The Morgan fingerprint density at radius 2 is 1.87 bits per heavy atom. The molecule has 2 fully saturated rings. The van der Waals surface area contributed by atoms with Crippen molar-refractivity contribution in [2.24, 2.45) is 7.05 Å². The highest BCUT2D eigenvalue weighted by Crippen LogP contribution is 2.34. The number of H-pyrrole nitrogens is 1. The number of carbonyl (C=O) groups excluding carboxylic acids is 2. The lowest BCUT2D eigenvalue weighted by atomic mass is 9.89.